The summed E-state index contributed by atoms with van der Waals surface area (Å²) in [6.45, 7) is 0.171. The van der Waals surface area contributed by atoms with E-state index in [1.807, 2.05) is 0 Å². The van der Waals surface area contributed by atoms with Crippen molar-refractivity contribution < 1.29 is 17.6 Å². The van der Waals surface area contributed by atoms with Crippen molar-refractivity contribution in [2.45, 2.75) is 24.2 Å². The molecule has 3 heterocycles. The summed E-state index contributed by atoms with van der Waals surface area (Å²) >= 11 is 7.19. The Labute approximate surface area is 188 Å². The Hall–Kier alpha value is -2.30. The number of sulfone groups is 1. The van der Waals surface area contributed by atoms with E-state index in [0.717, 1.165) is 11.8 Å². The second-order valence-corrected chi connectivity index (χ2v) is 11.0. The summed E-state index contributed by atoms with van der Waals surface area (Å²) in [4.78, 5) is 31.8. The quantitative estimate of drug-likeness (QED) is 0.393. The Morgan fingerprint density at radius 1 is 1.39 bits per heavy atom. The Morgan fingerprint density at radius 2 is 2.19 bits per heavy atom. The van der Waals surface area contributed by atoms with Crippen molar-refractivity contribution in [3.05, 3.63) is 57.7 Å². The van der Waals surface area contributed by atoms with E-state index < -0.39 is 9.84 Å². The Bertz CT molecular complexity index is 1290. The number of carbonyl (C=O) groups excluding carboxylic acids is 1. The van der Waals surface area contributed by atoms with Gasteiger partial charge in [0.25, 0.3) is 5.56 Å². The van der Waals surface area contributed by atoms with E-state index in [2.05, 4.69) is 4.98 Å². The summed E-state index contributed by atoms with van der Waals surface area (Å²) in [5.74, 6) is 0.452. The van der Waals surface area contributed by atoms with Gasteiger partial charge < -0.3 is 9.32 Å². The number of carbonyl (C=O) groups is 1. The number of aromatic nitrogens is 2. The molecule has 3 aromatic rings. The molecule has 0 radical (unpaired) electrons. The predicted molar refractivity (Wildman–Crippen MR) is 119 cm³/mol. The number of fused-ring (bicyclic) bond motifs is 1. The lowest BCUT2D eigenvalue weighted by atomic mass is 10.2. The van der Waals surface area contributed by atoms with Crippen LogP contribution in [0.4, 0.5) is 0 Å². The molecule has 1 aliphatic heterocycles. The van der Waals surface area contributed by atoms with E-state index in [-0.39, 0.29) is 41.3 Å². The molecule has 1 saturated heterocycles. The highest BCUT2D eigenvalue weighted by atomic mass is 35.5. The number of nitrogens with zero attached hydrogens (tertiary/aromatic N) is 3. The van der Waals surface area contributed by atoms with Crippen LogP contribution in [-0.4, -0.2) is 59.1 Å². The van der Waals surface area contributed by atoms with E-state index in [1.165, 1.54) is 15.7 Å². The van der Waals surface area contributed by atoms with Crippen LogP contribution in [0, 0.1) is 0 Å². The van der Waals surface area contributed by atoms with Gasteiger partial charge in [-0.15, -0.1) is 0 Å². The lowest BCUT2D eigenvalue weighted by molar-refractivity contribution is -0.128. The molecule has 1 fully saturated rings. The molecule has 1 aromatic carbocycles. The third-order valence-electron chi connectivity index (χ3n) is 5.25. The van der Waals surface area contributed by atoms with Crippen molar-refractivity contribution >= 4 is 50.0 Å². The van der Waals surface area contributed by atoms with Gasteiger partial charge in [-0.1, -0.05) is 23.4 Å². The number of hydrogen-bond donors (Lipinski definition) is 0. The van der Waals surface area contributed by atoms with Crippen molar-refractivity contribution in [3.63, 3.8) is 0 Å². The first-order chi connectivity index (χ1) is 14.7. The van der Waals surface area contributed by atoms with Crippen LogP contribution < -0.4 is 5.56 Å². The van der Waals surface area contributed by atoms with E-state index in [1.54, 1.807) is 37.4 Å². The van der Waals surface area contributed by atoms with Crippen LogP contribution in [0.5, 0.6) is 0 Å². The zero-order chi connectivity index (χ0) is 22.2. The van der Waals surface area contributed by atoms with Crippen molar-refractivity contribution in [1.29, 1.82) is 0 Å². The van der Waals surface area contributed by atoms with Crippen molar-refractivity contribution in [1.82, 2.24) is 14.5 Å². The smallest absolute Gasteiger partial charge is 0.262 e. The van der Waals surface area contributed by atoms with Gasteiger partial charge in [-0.25, -0.2) is 13.4 Å². The molecule has 11 heteroatoms. The average molecular weight is 482 g/mol. The molecule has 31 heavy (non-hydrogen) atoms. The summed E-state index contributed by atoms with van der Waals surface area (Å²) < 4.78 is 30.3. The molecule has 0 aliphatic carbocycles. The predicted octanol–water partition coefficient (Wildman–Crippen LogP) is 2.43. The second-order valence-electron chi connectivity index (χ2n) is 7.38. The number of furan rings is 1. The van der Waals surface area contributed by atoms with Crippen LogP contribution in [0.1, 0.15) is 12.2 Å². The van der Waals surface area contributed by atoms with Crippen LogP contribution in [0.2, 0.25) is 5.02 Å². The van der Waals surface area contributed by atoms with Crippen molar-refractivity contribution in [3.8, 4) is 0 Å². The molecule has 0 saturated carbocycles. The van der Waals surface area contributed by atoms with Gasteiger partial charge in [0.15, 0.2) is 15.0 Å². The zero-order valence-corrected chi connectivity index (χ0v) is 19.0. The second kappa shape index (κ2) is 8.68. The Kier molecular flexibility index (Phi) is 6.14. The van der Waals surface area contributed by atoms with Crippen LogP contribution in [0.3, 0.4) is 0 Å². The highest BCUT2D eigenvalue weighted by Crippen LogP contribution is 2.23. The fraction of sp³-hybridized carbons (Fsp3) is 0.350. The molecule has 2 aromatic heterocycles. The maximum Gasteiger partial charge on any atom is 0.262 e. The molecule has 8 nitrogen and oxygen atoms in total. The molecule has 0 spiro atoms. The molecular weight excluding hydrogens is 462 g/mol. The van der Waals surface area contributed by atoms with Gasteiger partial charge in [-0.2, -0.15) is 0 Å². The standard InChI is InChI=1S/C20H20ClN3O5S2/c1-23(14-6-8-31(27,28)12-14)18(25)11-30-20-22-17-9-13(21)4-5-16(17)19(26)24(20)10-15-3-2-7-29-15/h2-5,7,9,14H,6,8,10-12H2,1H3/t14-/m0/s1. The lowest BCUT2D eigenvalue weighted by Gasteiger charge is -2.23. The molecule has 0 unspecified atom stereocenters. The first kappa shape index (κ1) is 21.9. The molecule has 1 atom stereocenters. The number of hydrogen-bond acceptors (Lipinski definition) is 7. The lowest BCUT2D eigenvalue weighted by Crippen LogP contribution is -2.39. The number of halogens is 1. The van der Waals surface area contributed by atoms with E-state index >= 15 is 0 Å². The van der Waals surface area contributed by atoms with Crippen LogP contribution in [-0.2, 0) is 21.2 Å². The third-order valence-corrected chi connectivity index (χ3v) is 8.20. The van der Waals surface area contributed by atoms with Gasteiger partial charge in [-0.3, -0.25) is 14.2 Å². The highest BCUT2D eigenvalue weighted by Gasteiger charge is 2.32. The van der Waals surface area contributed by atoms with Crippen LogP contribution in [0.15, 0.2) is 51.0 Å². The highest BCUT2D eigenvalue weighted by molar-refractivity contribution is 7.99. The normalized spacial score (nSPS) is 17.8. The van der Waals surface area contributed by atoms with Crippen LogP contribution >= 0.6 is 23.4 Å². The van der Waals surface area contributed by atoms with Gasteiger partial charge in [-0.05, 0) is 36.8 Å². The third kappa shape index (κ3) is 4.81. The minimum absolute atomic E-state index is 0.0176. The van der Waals surface area contributed by atoms with E-state index in [9.17, 15) is 18.0 Å². The molecule has 0 bridgehead atoms. The fourth-order valence-corrected chi connectivity index (χ4v) is 6.36. The maximum absolute atomic E-state index is 13.1. The summed E-state index contributed by atoms with van der Waals surface area (Å²) in [5.41, 5.74) is 0.182. The van der Waals surface area contributed by atoms with E-state index in [0.29, 0.717) is 33.3 Å². The van der Waals surface area contributed by atoms with Crippen molar-refractivity contribution in [2.24, 2.45) is 0 Å². The molecular formula is C20H20ClN3O5S2. The Balaban J connectivity index is 1.61. The summed E-state index contributed by atoms with van der Waals surface area (Å²) in [7, 11) is -1.48. The Morgan fingerprint density at radius 3 is 2.87 bits per heavy atom. The molecule has 1 aliphatic rings. The van der Waals surface area contributed by atoms with Crippen molar-refractivity contribution in [2.75, 3.05) is 24.3 Å². The maximum atomic E-state index is 13.1. The first-order valence-electron chi connectivity index (χ1n) is 9.55. The average Bonchev–Trinajstić information content (AvgIpc) is 3.36. The number of amides is 1. The number of thioether (sulfide) groups is 1. The monoisotopic (exact) mass is 481 g/mol. The fourth-order valence-electron chi connectivity index (χ4n) is 3.49. The van der Waals surface area contributed by atoms with Gasteiger partial charge >= 0.3 is 0 Å². The van der Waals surface area contributed by atoms with Gasteiger partial charge in [0.2, 0.25) is 5.91 Å². The SMILES string of the molecule is CN(C(=O)CSc1nc2cc(Cl)ccc2c(=O)n1Cc1ccco1)[C@H]1CCS(=O)(=O)C1. The van der Waals surface area contributed by atoms with Gasteiger partial charge in [0.1, 0.15) is 5.76 Å². The number of benzene rings is 1. The van der Waals surface area contributed by atoms with Gasteiger partial charge in [0, 0.05) is 18.1 Å². The van der Waals surface area contributed by atoms with Crippen LogP contribution in [0.25, 0.3) is 10.9 Å². The largest absolute Gasteiger partial charge is 0.467 e. The topological polar surface area (TPSA) is 102 Å². The molecule has 164 valence electrons. The molecule has 0 N–H and O–H groups in total. The first-order valence-corrected chi connectivity index (χ1v) is 12.7. The molecule has 4 rings (SSSR count). The van der Waals surface area contributed by atoms with E-state index in [4.69, 9.17) is 16.0 Å². The minimum atomic E-state index is -3.09. The molecule has 1 amide bonds. The summed E-state index contributed by atoms with van der Waals surface area (Å²) in [6, 6.07) is 8.02. The zero-order valence-electron chi connectivity index (χ0n) is 16.7. The summed E-state index contributed by atoms with van der Waals surface area (Å²) in [5, 5.41) is 1.23. The van der Waals surface area contributed by atoms with Gasteiger partial charge in [0.05, 0.1) is 41.0 Å². The minimum Gasteiger partial charge on any atom is -0.467 e. The summed E-state index contributed by atoms with van der Waals surface area (Å²) in [6.07, 6.45) is 1.96. The number of rotatable bonds is 6.